The Labute approximate surface area is 224 Å². The highest BCUT2D eigenvalue weighted by Gasteiger charge is 2.34. The first-order chi connectivity index (χ1) is 18.4. The van der Waals surface area contributed by atoms with Crippen LogP contribution in [0.3, 0.4) is 0 Å². The molecule has 1 unspecified atom stereocenters. The van der Waals surface area contributed by atoms with Gasteiger partial charge in [-0.1, -0.05) is 78.9 Å². The van der Waals surface area contributed by atoms with E-state index in [0.29, 0.717) is 18.8 Å². The van der Waals surface area contributed by atoms with Crippen LogP contribution in [0.5, 0.6) is 0 Å². The molecule has 1 fully saturated rings. The van der Waals surface area contributed by atoms with Gasteiger partial charge in [-0.15, -0.1) is 0 Å². The monoisotopic (exact) mass is 512 g/mol. The van der Waals surface area contributed by atoms with E-state index in [1.807, 2.05) is 72.8 Å². The molecule has 1 aliphatic rings. The minimum Gasteiger partial charge on any atom is -0.357 e. The number of benzene rings is 3. The molecule has 1 aliphatic heterocycles. The molecule has 7 nitrogen and oxygen atoms in total. The SMILES string of the molecule is CNC(=O)C(Cc1ccccc1)N(C)C(=O)[C@@H](Cc1ccc2ccccc2c1)N(C)C(=O)/C=C/C1CNC1. The van der Waals surface area contributed by atoms with E-state index in [1.54, 1.807) is 27.2 Å². The summed E-state index contributed by atoms with van der Waals surface area (Å²) in [5.41, 5.74) is 1.90. The van der Waals surface area contributed by atoms with E-state index >= 15 is 0 Å². The number of amides is 3. The summed E-state index contributed by atoms with van der Waals surface area (Å²) in [6.07, 6.45) is 4.17. The zero-order valence-corrected chi connectivity index (χ0v) is 22.3. The quantitative estimate of drug-likeness (QED) is 0.410. The standard InChI is InChI=1S/C31H36N4O3/c1-32-30(37)27(18-22-9-5-4-6-10-22)35(3)31(38)28(34(2)29(36)16-14-24-20-33-21-24)19-23-13-15-25-11-7-8-12-26(25)17-23/h4-17,24,27-28,33H,18-21H2,1-3H3,(H,32,37)/b16-14+/t27?,28-/m1/s1. The molecule has 1 saturated heterocycles. The van der Waals surface area contributed by atoms with Crippen molar-refractivity contribution in [3.63, 3.8) is 0 Å². The molecule has 3 amide bonds. The molecule has 0 radical (unpaired) electrons. The number of hydrogen-bond acceptors (Lipinski definition) is 4. The topological polar surface area (TPSA) is 81.8 Å². The Morgan fingerprint density at radius 2 is 1.53 bits per heavy atom. The van der Waals surface area contributed by atoms with E-state index in [0.717, 1.165) is 35.0 Å². The van der Waals surface area contributed by atoms with Crippen molar-refractivity contribution < 1.29 is 14.4 Å². The molecular formula is C31H36N4O3. The van der Waals surface area contributed by atoms with Gasteiger partial charge in [0.15, 0.2) is 0 Å². The van der Waals surface area contributed by atoms with Crippen LogP contribution in [-0.2, 0) is 27.2 Å². The Morgan fingerprint density at radius 3 is 2.18 bits per heavy atom. The maximum Gasteiger partial charge on any atom is 0.246 e. The molecule has 2 N–H and O–H groups in total. The summed E-state index contributed by atoms with van der Waals surface area (Å²) in [4.78, 5) is 43.1. The number of fused-ring (bicyclic) bond motifs is 1. The van der Waals surface area contributed by atoms with Gasteiger partial charge in [-0.2, -0.15) is 0 Å². The van der Waals surface area contributed by atoms with Crippen molar-refractivity contribution in [2.75, 3.05) is 34.2 Å². The maximum atomic E-state index is 14.0. The van der Waals surface area contributed by atoms with E-state index < -0.39 is 12.1 Å². The predicted molar refractivity (Wildman–Crippen MR) is 150 cm³/mol. The van der Waals surface area contributed by atoms with Crippen LogP contribution in [0.25, 0.3) is 10.8 Å². The molecule has 1 heterocycles. The maximum absolute atomic E-state index is 14.0. The third kappa shape index (κ3) is 6.47. The molecule has 0 bridgehead atoms. The lowest BCUT2D eigenvalue weighted by molar-refractivity contribution is -0.146. The summed E-state index contributed by atoms with van der Waals surface area (Å²) in [6.45, 7) is 1.70. The van der Waals surface area contributed by atoms with Crippen LogP contribution in [0.1, 0.15) is 11.1 Å². The summed E-state index contributed by atoms with van der Waals surface area (Å²) < 4.78 is 0. The van der Waals surface area contributed by atoms with Gasteiger partial charge >= 0.3 is 0 Å². The van der Waals surface area contributed by atoms with Gasteiger partial charge in [0.1, 0.15) is 12.1 Å². The Kier molecular flexibility index (Phi) is 8.92. The van der Waals surface area contributed by atoms with Gasteiger partial charge in [0, 0.05) is 53.0 Å². The van der Waals surface area contributed by atoms with Crippen molar-refractivity contribution in [1.29, 1.82) is 0 Å². The summed E-state index contributed by atoms with van der Waals surface area (Å²) in [5, 5.41) is 8.07. The molecule has 38 heavy (non-hydrogen) atoms. The van der Waals surface area contributed by atoms with Gasteiger partial charge in [0.25, 0.3) is 0 Å². The summed E-state index contributed by atoms with van der Waals surface area (Å²) >= 11 is 0. The van der Waals surface area contributed by atoms with E-state index in [2.05, 4.69) is 16.7 Å². The highest BCUT2D eigenvalue weighted by Crippen LogP contribution is 2.20. The van der Waals surface area contributed by atoms with Crippen LogP contribution >= 0.6 is 0 Å². The van der Waals surface area contributed by atoms with Crippen molar-refractivity contribution in [2.45, 2.75) is 24.9 Å². The first kappa shape index (κ1) is 27.1. The van der Waals surface area contributed by atoms with Gasteiger partial charge < -0.3 is 20.4 Å². The summed E-state index contributed by atoms with van der Waals surface area (Å²) in [7, 11) is 4.88. The van der Waals surface area contributed by atoms with E-state index in [1.165, 1.54) is 9.80 Å². The number of carbonyl (C=O) groups is 3. The van der Waals surface area contributed by atoms with Crippen LogP contribution < -0.4 is 10.6 Å². The second-order valence-corrected chi connectivity index (χ2v) is 9.90. The largest absolute Gasteiger partial charge is 0.357 e. The van der Waals surface area contributed by atoms with Gasteiger partial charge in [0.2, 0.25) is 17.7 Å². The van der Waals surface area contributed by atoms with Crippen LogP contribution in [0.15, 0.2) is 84.9 Å². The Morgan fingerprint density at radius 1 is 0.868 bits per heavy atom. The molecule has 198 valence electrons. The molecule has 2 atom stereocenters. The number of nitrogens with zero attached hydrogens (tertiary/aromatic N) is 2. The second-order valence-electron chi connectivity index (χ2n) is 9.90. The number of hydrogen-bond donors (Lipinski definition) is 2. The highest BCUT2D eigenvalue weighted by atomic mass is 16.2. The molecule has 0 spiro atoms. The number of carbonyl (C=O) groups excluding carboxylic acids is 3. The number of rotatable bonds is 10. The minimum atomic E-state index is -0.777. The zero-order valence-electron chi connectivity index (χ0n) is 22.3. The second kappa shape index (κ2) is 12.5. The van der Waals surface area contributed by atoms with Gasteiger partial charge in [-0.3, -0.25) is 14.4 Å². The predicted octanol–water partition coefficient (Wildman–Crippen LogP) is 2.80. The fourth-order valence-corrected chi connectivity index (χ4v) is 4.71. The van der Waals surface area contributed by atoms with Crippen LogP contribution in [0, 0.1) is 5.92 Å². The van der Waals surface area contributed by atoms with Crippen molar-refractivity contribution in [3.05, 3.63) is 96.1 Å². The van der Waals surface area contributed by atoms with Gasteiger partial charge in [-0.05, 0) is 28.0 Å². The molecule has 0 aliphatic carbocycles. The van der Waals surface area contributed by atoms with Crippen molar-refractivity contribution >= 4 is 28.5 Å². The van der Waals surface area contributed by atoms with E-state index in [-0.39, 0.29) is 17.7 Å². The van der Waals surface area contributed by atoms with Crippen LogP contribution in [-0.4, -0.2) is 73.8 Å². The summed E-state index contributed by atoms with van der Waals surface area (Å²) in [6, 6.07) is 22.3. The van der Waals surface area contributed by atoms with Crippen LogP contribution in [0.2, 0.25) is 0 Å². The third-order valence-electron chi connectivity index (χ3n) is 7.30. The van der Waals surface area contributed by atoms with Crippen molar-refractivity contribution in [2.24, 2.45) is 5.92 Å². The average molecular weight is 513 g/mol. The summed E-state index contributed by atoms with van der Waals surface area (Å²) in [5.74, 6) is -0.435. The van der Waals surface area contributed by atoms with Crippen molar-refractivity contribution in [1.82, 2.24) is 20.4 Å². The first-order valence-electron chi connectivity index (χ1n) is 13.0. The molecule has 0 aromatic heterocycles. The average Bonchev–Trinajstić information content (AvgIpc) is 2.92. The fourth-order valence-electron chi connectivity index (χ4n) is 4.71. The first-order valence-corrected chi connectivity index (χ1v) is 13.0. The van der Waals surface area contributed by atoms with Gasteiger partial charge in [-0.25, -0.2) is 0 Å². The Balaban J connectivity index is 1.62. The van der Waals surface area contributed by atoms with E-state index in [4.69, 9.17) is 0 Å². The zero-order chi connectivity index (χ0) is 27.1. The lowest BCUT2D eigenvalue weighted by atomic mass is 9.98. The fraction of sp³-hybridized carbons (Fsp3) is 0.323. The Hall–Kier alpha value is -3.97. The molecule has 0 saturated carbocycles. The molecule has 3 aromatic rings. The molecule has 7 heteroatoms. The molecule has 4 rings (SSSR count). The minimum absolute atomic E-state index is 0.232. The third-order valence-corrected chi connectivity index (χ3v) is 7.30. The Bertz CT molecular complexity index is 1300. The normalized spacial score (nSPS) is 15.0. The number of likely N-dealkylation sites (N-methyl/N-ethyl adjacent to an activating group) is 3. The van der Waals surface area contributed by atoms with Gasteiger partial charge in [0.05, 0.1) is 0 Å². The number of nitrogens with one attached hydrogen (secondary N) is 2. The van der Waals surface area contributed by atoms with E-state index in [9.17, 15) is 14.4 Å². The van der Waals surface area contributed by atoms with Crippen LogP contribution in [0.4, 0.5) is 0 Å². The smallest absolute Gasteiger partial charge is 0.246 e. The highest BCUT2D eigenvalue weighted by molar-refractivity contribution is 5.95. The lowest BCUT2D eigenvalue weighted by Crippen LogP contribution is -2.55. The molecule has 3 aromatic carbocycles. The molecular weight excluding hydrogens is 476 g/mol. The van der Waals surface area contributed by atoms with Crippen molar-refractivity contribution in [3.8, 4) is 0 Å². The lowest BCUT2D eigenvalue weighted by Gasteiger charge is -2.34.